The highest BCUT2D eigenvalue weighted by molar-refractivity contribution is 5.19. The third-order valence-electron chi connectivity index (χ3n) is 0.276. The molecule has 28 valence electrons. The molecule has 0 aliphatic heterocycles. The maximum Gasteiger partial charge on any atom is -0.00380 e. The van der Waals surface area contributed by atoms with Crippen LogP contribution in [0.15, 0.2) is 12.2 Å². The lowest BCUT2D eigenvalue weighted by Crippen LogP contribution is -1.41. The van der Waals surface area contributed by atoms with Gasteiger partial charge in [-0.2, -0.15) is 0 Å². The Morgan fingerprint density at radius 2 is 1.33 bits per heavy atom. The number of rotatable bonds is 0. The molecule has 6 heavy (non-hydrogen) atoms. The molecule has 0 N–H and O–H groups in total. The molecule has 0 rings (SSSR count). The van der Waals surface area contributed by atoms with Gasteiger partial charge in [-0.25, -0.2) is 0 Å². The number of terminal acetylenes is 2. The zero-order chi connectivity index (χ0) is 4.83. The smallest absolute Gasteiger partial charge is 0.00380 e. The maximum atomic E-state index is 4.78. The van der Waals surface area contributed by atoms with Crippen LogP contribution in [0.1, 0.15) is 0 Å². The molecule has 0 heterocycles. The van der Waals surface area contributed by atoms with Crippen molar-refractivity contribution in [1.82, 2.24) is 0 Å². The van der Waals surface area contributed by atoms with Gasteiger partial charge in [0, 0.05) is 0 Å². The zero-order valence-corrected chi connectivity index (χ0v) is 3.31. The molecular weight excluding hydrogens is 72.1 g/mol. The monoisotopic (exact) mass is 76.0 g/mol. The Labute approximate surface area is 37.9 Å². The lowest BCUT2D eigenvalue weighted by molar-refractivity contribution is 2.16. The zero-order valence-electron chi connectivity index (χ0n) is 3.31. The van der Waals surface area contributed by atoms with Crippen LogP contribution in [0.4, 0.5) is 0 Å². The normalized spacial score (nSPS) is 7.00. The van der Waals surface area contributed by atoms with Gasteiger partial charge < -0.3 is 0 Å². The summed E-state index contributed by atoms with van der Waals surface area (Å²) in [5, 5.41) is 0. The van der Waals surface area contributed by atoms with Crippen LogP contribution in [0.3, 0.4) is 0 Å². The van der Waals surface area contributed by atoms with Crippen molar-refractivity contribution < 1.29 is 0 Å². The number of hydrogen-bond acceptors (Lipinski definition) is 0. The predicted molar refractivity (Wildman–Crippen MR) is 26.8 cm³/mol. The van der Waals surface area contributed by atoms with Crippen LogP contribution in [0.2, 0.25) is 0 Å². The SMILES string of the molecule is C#C/C=C\C#C. The first-order valence-electron chi connectivity index (χ1n) is 1.49. The molecule has 0 aliphatic rings. The molecule has 0 saturated carbocycles. The predicted octanol–water partition coefficient (Wildman–Crippen LogP) is 0.809. The van der Waals surface area contributed by atoms with Gasteiger partial charge in [-0.05, 0) is 12.2 Å². The fourth-order valence-electron chi connectivity index (χ4n) is 0.0962. The van der Waals surface area contributed by atoms with Gasteiger partial charge in [0.25, 0.3) is 0 Å². The molecule has 0 bridgehead atoms. The summed E-state index contributed by atoms with van der Waals surface area (Å²) in [5.41, 5.74) is 0. The molecule has 0 aromatic rings. The first-order valence-corrected chi connectivity index (χ1v) is 1.49. The average Bonchev–Trinajstić information content (AvgIpc) is 1.61. The highest BCUT2D eigenvalue weighted by Crippen LogP contribution is 1.59. The molecule has 0 nitrogen and oxygen atoms in total. The van der Waals surface area contributed by atoms with Crippen LogP contribution >= 0.6 is 0 Å². The third kappa shape index (κ3) is 2.86. The average molecular weight is 76.1 g/mol. The van der Waals surface area contributed by atoms with Gasteiger partial charge in [-0.15, -0.1) is 12.8 Å². The van der Waals surface area contributed by atoms with E-state index < -0.39 is 0 Å². The highest BCUT2D eigenvalue weighted by atomic mass is 13.5. The van der Waals surface area contributed by atoms with Crippen LogP contribution < -0.4 is 0 Å². The second-order valence-electron chi connectivity index (χ2n) is 0.667. The maximum absolute atomic E-state index is 4.78. The molecule has 0 radical (unpaired) electrons. The van der Waals surface area contributed by atoms with Crippen molar-refractivity contribution >= 4 is 0 Å². The molecule has 0 fully saturated rings. The van der Waals surface area contributed by atoms with Gasteiger partial charge in [0.05, 0.1) is 0 Å². The van der Waals surface area contributed by atoms with Crippen molar-refractivity contribution in [3.8, 4) is 24.7 Å². The summed E-state index contributed by atoms with van der Waals surface area (Å²) in [6.45, 7) is 0. The van der Waals surface area contributed by atoms with E-state index in [0.717, 1.165) is 0 Å². The van der Waals surface area contributed by atoms with Gasteiger partial charge in [-0.3, -0.25) is 0 Å². The molecule has 0 aromatic carbocycles. The van der Waals surface area contributed by atoms with Crippen LogP contribution in [-0.2, 0) is 0 Å². The van der Waals surface area contributed by atoms with Crippen molar-refractivity contribution in [2.24, 2.45) is 0 Å². The van der Waals surface area contributed by atoms with Crippen LogP contribution in [0.25, 0.3) is 0 Å². The lowest BCUT2D eigenvalue weighted by Gasteiger charge is -1.53. The third-order valence-corrected chi connectivity index (χ3v) is 0.276. The summed E-state index contributed by atoms with van der Waals surface area (Å²) in [5.74, 6) is 4.49. The van der Waals surface area contributed by atoms with Gasteiger partial charge in [0.2, 0.25) is 0 Å². The van der Waals surface area contributed by atoms with E-state index >= 15 is 0 Å². The summed E-state index contributed by atoms with van der Waals surface area (Å²) in [6.07, 6.45) is 12.5. The standard InChI is InChI=1S/C6H4/c1-3-5-6-4-2/h1-2,5-6H/b6-5-. The van der Waals surface area contributed by atoms with Crippen LogP contribution in [0.5, 0.6) is 0 Å². The van der Waals surface area contributed by atoms with E-state index in [2.05, 4.69) is 11.8 Å². The molecule has 0 heteroatoms. The van der Waals surface area contributed by atoms with E-state index in [9.17, 15) is 0 Å². The van der Waals surface area contributed by atoms with E-state index in [-0.39, 0.29) is 0 Å². The van der Waals surface area contributed by atoms with E-state index in [0.29, 0.717) is 0 Å². The molecule has 0 atom stereocenters. The number of hydrogen-bond donors (Lipinski definition) is 0. The van der Waals surface area contributed by atoms with Crippen LogP contribution in [-0.4, -0.2) is 0 Å². The van der Waals surface area contributed by atoms with Crippen molar-refractivity contribution in [3.05, 3.63) is 12.2 Å². The van der Waals surface area contributed by atoms with Crippen molar-refractivity contribution in [2.45, 2.75) is 0 Å². The van der Waals surface area contributed by atoms with E-state index in [1.807, 2.05) is 0 Å². The molecule has 0 amide bonds. The van der Waals surface area contributed by atoms with Gasteiger partial charge in [0.1, 0.15) is 0 Å². The summed E-state index contributed by atoms with van der Waals surface area (Å²) in [6, 6.07) is 0. The van der Waals surface area contributed by atoms with Crippen molar-refractivity contribution in [3.63, 3.8) is 0 Å². The quantitative estimate of drug-likeness (QED) is 0.374. The molecule has 0 aliphatic carbocycles. The first kappa shape index (κ1) is 4.86. The fraction of sp³-hybridized carbons (Fsp3) is 0. The number of allylic oxidation sites excluding steroid dienone is 2. The summed E-state index contributed by atoms with van der Waals surface area (Å²) < 4.78 is 0. The van der Waals surface area contributed by atoms with Gasteiger partial charge in [0.15, 0.2) is 0 Å². The molecule has 0 spiro atoms. The topological polar surface area (TPSA) is 0 Å². The van der Waals surface area contributed by atoms with Gasteiger partial charge >= 0.3 is 0 Å². The summed E-state index contributed by atoms with van der Waals surface area (Å²) in [7, 11) is 0. The minimum absolute atomic E-state index is 1.47. The van der Waals surface area contributed by atoms with E-state index in [1.165, 1.54) is 12.2 Å². The Morgan fingerprint density at radius 1 is 1.00 bits per heavy atom. The Balaban J connectivity index is 3.36. The minimum Gasteiger partial charge on any atom is -0.115 e. The Bertz CT molecular complexity index is 100.0. The summed E-state index contributed by atoms with van der Waals surface area (Å²) >= 11 is 0. The summed E-state index contributed by atoms with van der Waals surface area (Å²) in [4.78, 5) is 0. The first-order chi connectivity index (χ1) is 2.91. The second-order valence-corrected chi connectivity index (χ2v) is 0.667. The van der Waals surface area contributed by atoms with Crippen LogP contribution in [0, 0.1) is 24.7 Å². The van der Waals surface area contributed by atoms with E-state index in [4.69, 9.17) is 12.8 Å². The Kier molecular flexibility index (Phi) is 3.13. The molecular formula is C6H4. The highest BCUT2D eigenvalue weighted by Gasteiger charge is 1.46. The van der Waals surface area contributed by atoms with Crippen molar-refractivity contribution in [2.75, 3.05) is 0 Å². The largest absolute Gasteiger partial charge is 0.115 e. The van der Waals surface area contributed by atoms with E-state index in [1.54, 1.807) is 0 Å². The Hall–Kier alpha value is -1.14. The minimum atomic E-state index is 1.47. The fourth-order valence-corrected chi connectivity index (χ4v) is 0.0962. The molecule has 0 unspecified atom stereocenters. The Morgan fingerprint density at radius 3 is 1.50 bits per heavy atom. The molecule has 0 aromatic heterocycles. The molecule has 0 saturated heterocycles. The van der Waals surface area contributed by atoms with Crippen molar-refractivity contribution in [1.29, 1.82) is 0 Å². The van der Waals surface area contributed by atoms with Gasteiger partial charge in [-0.1, -0.05) is 11.8 Å². The second kappa shape index (κ2) is 3.86. The lowest BCUT2D eigenvalue weighted by atomic mass is 10.5.